The van der Waals surface area contributed by atoms with Gasteiger partial charge in [0.2, 0.25) is 0 Å². The third-order valence-electron chi connectivity index (χ3n) is 1.52. The Bertz CT molecular complexity index is 252. The Morgan fingerprint density at radius 2 is 2.33 bits per heavy atom. The minimum atomic E-state index is -0.196. The summed E-state index contributed by atoms with van der Waals surface area (Å²) in [6.45, 7) is 0.455. The molecule has 1 atom stereocenters. The fourth-order valence-electron chi connectivity index (χ4n) is 0.940. The topological polar surface area (TPSA) is 74.2 Å². The lowest BCUT2D eigenvalue weighted by Gasteiger charge is -2.09. The average Bonchev–Trinajstić information content (AvgIpc) is 2.05. The summed E-state index contributed by atoms with van der Waals surface area (Å²) in [7, 11) is 1.60. The van der Waals surface area contributed by atoms with Crippen molar-refractivity contribution in [2.45, 2.75) is 6.04 Å². The molecule has 0 saturated carbocycles. The van der Waals surface area contributed by atoms with Crippen LogP contribution in [0.15, 0.2) is 18.2 Å². The first-order chi connectivity index (χ1) is 5.74. The van der Waals surface area contributed by atoms with Crippen molar-refractivity contribution < 1.29 is 4.74 Å². The van der Waals surface area contributed by atoms with Crippen molar-refractivity contribution >= 4 is 5.82 Å². The van der Waals surface area contributed by atoms with Gasteiger partial charge in [-0.25, -0.2) is 4.98 Å². The standard InChI is InChI=1S/C8H13N3O/c1-12-5-6(9)7-3-2-4-8(10)11-7/h2-4,6H,5,9H2,1H3,(H2,10,11)/t6-/m0/s1. The predicted octanol–water partition coefficient (Wildman–Crippen LogP) is 0.310. The van der Waals surface area contributed by atoms with Crippen LogP contribution >= 0.6 is 0 Å². The molecule has 4 nitrogen and oxygen atoms in total. The summed E-state index contributed by atoms with van der Waals surface area (Å²) in [5, 5.41) is 0. The smallest absolute Gasteiger partial charge is 0.123 e. The molecule has 0 aliphatic rings. The number of anilines is 1. The van der Waals surface area contributed by atoms with E-state index in [-0.39, 0.29) is 6.04 Å². The largest absolute Gasteiger partial charge is 0.384 e. The number of pyridine rings is 1. The van der Waals surface area contributed by atoms with Gasteiger partial charge in [0.15, 0.2) is 0 Å². The van der Waals surface area contributed by atoms with E-state index in [1.54, 1.807) is 13.2 Å². The van der Waals surface area contributed by atoms with E-state index < -0.39 is 0 Å². The van der Waals surface area contributed by atoms with E-state index in [0.29, 0.717) is 12.4 Å². The molecule has 0 spiro atoms. The number of methoxy groups -OCH3 is 1. The third kappa shape index (κ3) is 2.18. The van der Waals surface area contributed by atoms with Crippen LogP contribution < -0.4 is 11.5 Å². The van der Waals surface area contributed by atoms with E-state index in [4.69, 9.17) is 16.2 Å². The number of aromatic nitrogens is 1. The Morgan fingerprint density at radius 3 is 2.92 bits per heavy atom. The average molecular weight is 167 g/mol. The number of nitrogen functional groups attached to an aromatic ring is 1. The molecule has 0 unspecified atom stereocenters. The minimum Gasteiger partial charge on any atom is -0.384 e. The van der Waals surface area contributed by atoms with Gasteiger partial charge in [-0.05, 0) is 12.1 Å². The number of nitrogens with two attached hydrogens (primary N) is 2. The van der Waals surface area contributed by atoms with Crippen molar-refractivity contribution in [1.29, 1.82) is 0 Å². The van der Waals surface area contributed by atoms with Crippen LogP contribution in [0.1, 0.15) is 11.7 Å². The van der Waals surface area contributed by atoms with Gasteiger partial charge < -0.3 is 16.2 Å². The van der Waals surface area contributed by atoms with Gasteiger partial charge in [0.1, 0.15) is 5.82 Å². The first-order valence-electron chi connectivity index (χ1n) is 3.71. The molecule has 1 aromatic heterocycles. The Labute approximate surface area is 71.5 Å². The molecule has 0 bridgehead atoms. The summed E-state index contributed by atoms with van der Waals surface area (Å²) >= 11 is 0. The minimum absolute atomic E-state index is 0.196. The van der Waals surface area contributed by atoms with Crippen LogP contribution in [-0.4, -0.2) is 18.7 Å². The fourth-order valence-corrected chi connectivity index (χ4v) is 0.940. The molecule has 0 amide bonds. The highest BCUT2D eigenvalue weighted by atomic mass is 16.5. The van der Waals surface area contributed by atoms with Crippen LogP contribution in [0.4, 0.5) is 5.82 Å². The van der Waals surface area contributed by atoms with E-state index in [2.05, 4.69) is 4.98 Å². The van der Waals surface area contributed by atoms with Gasteiger partial charge in [-0.3, -0.25) is 0 Å². The van der Waals surface area contributed by atoms with Crippen molar-refractivity contribution in [3.05, 3.63) is 23.9 Å². The van der Waals surface area contributed by atoms with Crippen LogP contribution in [-0.2, 0) is 4.74 Å². The molecular formula is C8H13N3O. The van der Waals surface area contributed by atoms with Gasteiger partial charge in [0.25, 0.3) is 0 Å². The van der Waals surface area contributed by atoms with E-state index in [0.717, 1.165) is 5.69 Å². The predicted molar refractivity (Wildman–Crippen MR) is 47.5 cm³/mol. The van der Waals surface area contributed by atoms with Crippen LogP contribution in [0.5, 0.6) is 0 Å². The second kappa shape index (κ2) is 4.04. The molecule has 12 heavy (non-hydrogen) atoms. The second-order valence-electron chi connectivity index (χ2n) is 2.55. The monoisotopic (exact) mass is 167 g/mol. The number of hydrogen-bond donors (Lipinski definition) is 2. The van der Waals surface area contributed by atoms with Crippen LogP contribution in [0, 0.1) is 0 Å². The number of ether oxygens (including phenoxy) is 1. The molecule has 1 aromatic rings. The SMILES string of the molecule is COC[C@H](N)c1cccc(N)n1. The molecule has 4 N–H and O–H groups in total. The lowest BCUT2D eigenvalue weighted by atomic mass is 10.2. The fraction of sp³-hybridized carbons (Fsp3) is 0.375. The Balaban J connectivity index is 2.73. The van der Waals surface area contributed by atoms with E-state index >= 15 is 0 Å². The number of nitrogens with zero attached hydrogens (tertiary/aromatic N) is 1. The maximum absolute atomic E-state index is 5.73. The molecule has 1 heterocycles. The Morgan fingerprint density at radius 1 is 1.58 bits per heavy atom. The van der Waals surface area contributed by atoms with Gasteiger partial charge in [0.05, 0.1) is 18.3 Å². The van der Waals surface area contributed by atoms with Gasteiger partial charge in [-0.1, -0.05) is 6.07 Å². The van der Waals surface area contributed by atoms with Crippen molar-refractivity contribution in [3.8, 4) is 0 Å². The summed E-state index contributed by atoms with van der Waals surface area (Å²) in [5.41, 5.74) is 12.0. The van der Waals surface area contributed by atoms with Crippen molar-refractivity contribution in [2.24, 2.45) is 5.73 Å². The van der Waals surface area contributed by atoms with Crippen LogP contribution in [0.3, 0.4) is 0 Å². The first-order valence-corrected chi connectivity index (χ1v) is 3.71. The maximum Gasteiger partial charge on any atom is 0.123 e. The Kier molecular flexibility index (Phi) is 3.01. The molecule has 0 aliphatic heterocycles. The maximum atomic E-state index is 5.73. The molecular weight excluding hydrogens is 154 g/mol. The molecule has 0 saturated heterocycles. The third-order valence-corrected chi connectivity index (χ3v) is 1.52. The zero-order valence-corrected chi connectivity index (χ0v) is 7.03. The normalized spacial score (nSPS) is 12.8. The van der Waals surface area contributed by atoms with Crippen LogP contribution in [0.25, 0.3) is 0 Å². The zero-order valence-electron chi connectivity index (χ0n) is 7.03. The van der Waals surface area contributed by atoms with E-state index in [1.165, 1.54) is 0 Å². The van der Waals surface area contributed by atoms with Crippen molar-refractivity contribution in [1.82, 2.24) is 4.98 Å². The molecule has 1 rings (SSSR count). The number of rotatable bonds is 3. The summed E-state index contributed by atoms with van der Waals surface area (Å²) in [4.78, 5) is 4.06. The van der Waals surface area contributed by atoms with Gasteiger partial charge in [-0.2, -0.15) is 0 Å². The highest BCUT2D eigenvalue weighted by molar-refractivity contribution is 5.29. The lowest BCUT2D eigenvalue weighted by Crippen LogP contribution is -2.17. The summed E-state index contributed by atoms with van der Waals surface area (Å²) in [6.07, 6.45) is 0. The quantitative estimate of drug-likeness (QED) is 0.679. The highest BCUT2D eigenvalue weighted by Crippen LogP contribution is 2.08. The molecule has 0 aromatic carbocycles. The Hall–Kier alpha value is -1.13. The molecule has 0 fully saturated rings. The molecule has 0 aliphatic carbocycles. The summed E-state index contributed by atoms with van der Waals surface area (Å²) < 4.78 is 4.89. The summed E-state index contributed by atoms with van der Waals surface area (Å²) in [6, 6.07) is 5.19. The summed E-state index contributed by atoms with van der Waals surface area (Å²) in [5.74, 6) is 0.485. The second-order valence-corrected chi connectivity index (χ2v) is 2.55. The van der Waals surface area contributed by atoms with Gasteiger partial charge in [-0.15, -0.1) is 0 Å². The molecule has 66 valence electrons. The van der Waals surface area contributed by atoms with Crippen LogP contribution in [0.2, 0.25) is 0 Å². The first kappa shape index (κ1) is 8.96. The van der Waals surface area contributed by atoms with E-state index in [1.807, 2.05) is 12.1 Å². The molecule has 0 radical (unpaired) electrons. The van der Waals surface area contributed by atoms with Crippen molar-refractivity contribution in [2.75, 3.05) is 19.5 Å². The molecule has 4 heteroatoms. The van der Waals surface area contributed by atoms with Crippen molar-refractivity contribution in [3.63, 3.8) is 0 Å². The highest BCUT2D eigenvalue weighted by Gasteiger charge is 2.05. The van der Waals surface area contributed by atoms with E-state index in [9.17, 15) is 0 Å². The number of hydrogen-bond acceptors (Lipinski definition) is 4. The lowest BCUT2D eigenvalue weighted by molar-refractivity contribution is 0.179. The van der Waals surface area contributed by atoms with Gasteiger partial charge >= 0.3 is 0 Å². The van der Waals surface area contributed by atoms with Gasteiger partial charge in [0, 0.05) is 7.11 Å². The zero-order chi connectivity index (χ0) is 8.97.